The van der Waals surface area contributed by atoms with Crippen molar-refractivity contribution in [2.24, 2.45) is 4.99 Å². The van der Waals surface area contributed by atoms with Crippen LogP contribution in [-0.2, 0) is 21.7 Å². The first-order valence-electron chi connectivity index (χ1n) is 5.59. The van der Waals surface area contributed by atoms with E-state index in [0.29, 0.717) is 24.0 Å². The molecule has 0 heterocycles. The molecular weight excluding hydrogens is 221 g/mol. The molecule has 0 aromatic heterocycles. The predicted molar refractivity (Wildman–Crippen MR) is 60.8 cm³/mol. The molecule has 1 aliphatic rings. The number of nitrogens with zero attached hydrogens (tertiary/aromatic N) is 1. The maximum absolute atomic E-state index is 14.2. The van der Waals surface area contributed by atoms with E-state index in [2.05, 4.69) is 4.99 Å². The molecule has 0 amide bonds. The zero-order valence-corrected chi connectivity index (χ0v) is 9.70. The molecule has 4 heteroatoms. The van der Waals surface area contributed by atoms with Gasteiger partial charge in [-0.1, -0.05) is 18.2 Å². The van der Waals surface area contributed by atoms with Gasteiger partial charge in [0.2, 0.25) is 6.08 Å². The van der Waals surface area contributed by atoms with Gasteiger partial charge in [-0.3, -0.25) is 0 Å². The number of ether oxygens (including phenoxy) is 1. The quantitative estimate of drug-likeness (QED) is 0.594. The highest BCUT2D eigenvalue weighted by atomic mass is 19.1. The van der Waals surface area contributed by atoms with E-state index in [0.717, 1.165) is 6.42 Å². The molecule has 0 atom stereocenters. The van der Waals surface area contributed by atoms with E-state index in [1.165, 1.54) is 7.11 Å². The molecule has 0 unspecified atom stereocenters. The summed E-state index contributed by atoms with van der Waals surface area (Å²) in [5.74, 6) is -0.312. The van der Waals surface area contributed by atoms with Gasteiger partial charge < -0.3 is 4.74 Å². The molecule has 90 valence electrons. The van der Waals surface area contributed by atoms with E-state index < -0.39 is 5.54 Å². The Balaban J connectivity index is 2.44. The summed E-state index contributed by atoms with van der Waals surface area (Å²) in [4.78, 5) is 14.3. The average molecular weight is 235 g/mol. The second kappa shape index (κ2) is 4.78. The summed E-state index contributed by atoms with van der Waals surface area (Å²) in [6, 6.07) is 5.14. The number of aliphatic imine (C=N–C) groups is 1. The van der Waals surface area contributed by atoms with E-state index in [4.69, 9.17) is 4.74 Å². The van der Waals surface area contributed by atoms with Crippen LogP contribution in [0, 0.1) is 5.82 Å². The van der Waals surface area contributed by atoms with Gasteiger partial charge in [0.05, 0.1) is 6.61 Å². The summed E-state index contributed by atoms with van der Waals surface area (Å²) in [5.41, 5.74) is 0.300. The SMILES string of the molecule is COCc1cccc(C2(N=C=O)CCC2)c1F. The summed E-state index contributed by atoms with van der Waals surface area (Å²) in [6.07, 6.45) is 3.93. The molecule has 0 bridgehead atoms. The maximum atomic E-state index is 14.2. The second-order valence-electron chi connectivity index (χ2n) is 4.30. The molecule has 0 aliphatic heterocycles. The van der Waals surface area contributed by atoms with Gasteiger partial charge in [-0.25, -0.2) is 9.18 Å². The number of isocyanates is 1. The van der Waals surface area contributed by atoms with Crippen molar-refractivity contribution >= 4 is 6.08 Å². The molecule has 1 aliphatic carbocycles. The van der Waals surface area contributed by atoms with Crippen molar-refractivity contribution in [3.63, 3.8) is 0 Å². The molecule has 1 aromatic rings. The van der Waals surface area contributed by atoms with Crippen molar-refractivity contribution in [3.05, 3.63) is 35.1 Å². The highest BCUT2D eigenvalue weighted by Crippen LogP contribution is 2.45. The highest BCUT2D eigenvalue weighted by molar-refractivity contribution is 5.41. The van der Waals surface area contributed by atoms with Gasteiger partial charge in [0.15, 0.2) is 0 Å². The third-order valence-corrected chi connectivity index (χ3v) is 3.32. The Morgan fingerprint density at radius 2 is 2.29 bits per heavy atom. The van der Waals surface area contributed by atoms with Crippen LogP contribution in [0.15, 0.2) is 23.2 Å². The minimum atomic E-state index is -0.685. The van der Waals surface area contributed by atoms with Gasteiger partial charge >= 0.3 is 0 Å². The Labute approximate surface area is 99.3 Å². The average Bonchev–Trinajstić information content (AvgIpc) is 2.27. The van der Waals surface area contributed by atoms with Crippen molar-refractivity contribution in [1.82, 2.24) is 0 Å². The lowest BCUT2D eigenvalue weighted by molar-refractivity contribution is 0.179. The third-order valence-electron chi connectivity index (χ3n) is 3.32. The summed E-state index contributed by atoms with van der Waals surface area (Å²) in [5, 5.41) is 0. The number of hydrogen-bond acceptors (Lipinski definition) is 3. The fraction of sp³-hybridized carbons (Fsp3) is 0.462. The van der Waals surface area contributed by atoms with E-state index in [-0.39, 0.29) is 12.4 Å². The van der Waals surface area contributed by atoms with Gasteiger partial charge in [-0.05, 0) is 19.3 Å². The topological polar surface area (TPSA) is 38.7 Å². The van der Waals surface area contributed by atoms with Crippen LogP contribution in [0.5, 0.6) is 0 Å². The Bertz CT molecular complexity index is 462. The lowest BCUT2D eigenvalue weighted by atomic mass is 9.72. The lowest BCUT2D eigenvalue weighted by Gasteiger charge is -2.37. The van der Waals surface area contributed by atoms with Gasteiger partial charge in [0, 0.05) is 18.2 Å². The molecule has 2 rings (SSSR count). The minimum Gasteiger partial charge on any atom is -0.380 e. The van der Waals surface area contributed by atoms with Crippen LogP contribution in [0.2, 0.25) is 0 Å². The number of halogens is 1. The predicted octanol–water partition coefficient (Wildman–Crippen LogP) is 2.69. The van der Waals surface area contributed by atoms with Crippen LogP contribution in [0.1, 0.15) is 30.4 Å². The number of hydrogen-bond donors (Lipinski definition) is 0. The van der Waals surface area contributed by atoms with Crippen molar-refractivity contribution in [3.8, 4) is 0 Å². The zero-order chi connectivity index (χ0) is 12.3. The first-order chi connectivity index (χ1) is 8.23. The fourth-order valence-corrected chi connectivity index (χ4v) is 2.25. The van der Waals surface area contributed by atoms with E-state index in [1.54, 1.807) is 24.3 Å². The van der Waals surface area contributed by atoms with Crippen molar-refractivity contribution < 1.29 is 13.9 Å². The molecule has 0 spiro atoms. The molecule has 1 aromatic carbocycles. The molecule has 1 fully saturated rings. The standard InChI is InChI=1S/C13H14FNO2/c1-17-8-10-4-2-5-11(12(10)14)13(15-9-16)6-3-7-13/h2,4-5H,3,6-8H2,1H3. The summed E-state index contributed by atoms with van der Waals surface area (Å²) >= 11 is 0. The Morgan fingerprint density at radius 1 is 1.53 bits per heavy atom. The maximum Gasteiger partial charge on any atom is 0.235 e. The molecule has 0 N–H and O–H groups in total. The number of rotatable bonds is 4. The molecule has 17 heavy (non-hydrogen) atoms. The van der Waals surface area contributed by atoms with Crippen LogP contribution in [-0.4, -0.2) is 13.2 Å². The van der Waals surface area contributed by atoms with Crippen LogP contribution in [0.4, 0.5) is 4.39 Å². The summed E-state index contributed by atoms with van der Waals surface area (Å²) in [7, 11) is 1.52. The monoisotopic (exact) mass is 235 g/mol. The smallest absolute Gasteiger partial charge is 0.235 e. The van der Waals surface area contributed by atoms with E-state index in [9.17, 15) is 9.18 Å². The number of carbonyl (C=O) groups excluding carboxylic acids is 1. The number of benzene rings is 1. The normalized spacial score (nSPS) is 17.1. The Hall–Kier alpha value is -1.51. The van der Waals surface area contributed by atoms with Gasteiger partial charge in [-0.2, -0.15) is 4.99 Å². The summed E-state index contributed by atoms with van der Waals surface area (Å²) < 4.78 is 19.2. The van der Waals surface area contributed by atoms with E-state index >= 15 is 0 Å². The fourth-order valence-electron chi connectivity index (χ4n) is 2.25. The zero-order valence-electron chi connectivity index (χ0n) is 9.70. The minimum absolute atomic E-state index is 0.223. The van der Waals surface area contributed by atoms with Gasteiger partial charge in [0.25, 0.3) is 0 Å². The molecule has 3 nitrogen and oxygen atoms in total. The molecule has 0 saturated heterocycles. The molecule has 0 radical (unpaired) electrons. The lowest BCUT2D eigenvalue weighted by Crippen LogP contribution is -2.33. The Kier molecular flexibility index (Phi) is 3.36. The van der Waals surface area contributed by atoms with Crippen LogP contribution < -0.4 is 0 Å². The first kappa shape index (κ1) is 12.0. The largest absolute Gasteiger partial charge is 0.380 e. The Morgan fingerprint density at radius 3 is 2.82 bits per heavy atom. The van der Waals surface area contributed by atoms with Crippen molar-refractivity contribution in [2.45, 2.75) is 31.4 Å². The molecule has 1 saturated carbocycles. The van der Waals surface area contributed by atoms with Gasteiger partial charge in [-0.15, -0.1) is 0 Å². The van der Waals surface area contributed by atoms with Crippen molar-refractivity contribution in [2.75, 3.05) is 7.11 Å². The van der Waals surface area contributed by atoms with Gasteiger partial charge in [0.1, 0.15) is 11.4 Å². The summed E-state index contributed by atoms with van der Waals surface area (Å²) in [6.45, 7) is 0.223. The number of methoxy groups -OCH3 is 1. The van der Waals surface area contributed by atoms with Crippen LogP contribution in [0.3, 0.4) is 0 Å². The third kappa shape index (κ3) is 2.02. The second-order valence-corrected chi connectivity index (χ2v) is 4.30. The van der Waals surface area contributed by atoms with Crippen LogP contribution in [0.25, 0.3) is 0 Å². The van der Waals surface area contributed by atoms with E-state index in [1.807, 2.05) is 0 Å². The highest BCUT2D eigenvalue weighted by Gasteiger charge is 2.41. The molecular formula is C13H14FNO2. The first-order valence-corrected chi connectivity index (χ1v) is 5.59. The van der Waals surface area contributed by atoms with Crippen molar-refractivity contribution in [1.29, 1.82) is 0 Å². The van der Waals surface area contributed by atoms with Crippen LogP contribution >= 0.6 is 0 Å².